The largest absolute Gasteiger partial charge is 0.338 e. The first-order valence-electron chi connectivity index (χ1n) is 4.86. The Kier molecular flexibility index (Phi) is 4.32. The van der Waals surface area contributed by atoms with Crippen LogP contribution in [-0.4, -0.2) is 16.9 Å². The number of carbonyl (C=O) groups excluding carboxylic acids is 1. The van der Waals surface area contributed by atoms with Gasteiger partial charge in [-0.25, -0.2) is 4.98 Å². The second-order valence-corrected chi connectivity index (χ2v) is 4.10. The number of amides is 1. The van der Waals surface area contributed by atoms with Crippen LogP contribution in [0.4, 0.5) is 0 Å². The summed E-state index contributed by atoms with van der Waals surface area (Å²) in [6.45, 7) is 3.85. The highest BCUT2D eigenvalue weighted by molar-refractivity contribution is 7.11. The van der Waals surface area contributed by atoms with Crippen molar-refractivity contribution in [3.8, 4) is 12.3 Å². The topological polar surface area (TPSA) is 42.0 Å². The van der Waals surface area contributed by atoms with Crippen molar-refractivity contribution in [2.24, 2.45) is 0 Å². The molecular weight excluding hydrogens is 208 g/mol. The third-order valence-corrected chi connectivity index (χ3v) is 2.96. The van der Waals surface area contributed by atoms with E-state index in [1.807, 2.05) is 13.8 Å². The maximum Gasteiger partial charge on any atom is 0.264 e. The lowest BCUT2D eigenvalue weighted by molar-refractivity contribution is 0.0947. The Morgan fingerprint density at radius 1 is 1.80 bits per heavy atom. The lowest BCUT2D eigenvalue weighted by Crippen LogP contribution is -2.33. The van der Waals surface area contributed by atoms with E-state index in [1.54, 1.807) is 5.51 Å². The van der Waals surface area contributed by atoms with Gasteiger partial charge in [0.2, 0.25) is 0 Å². The molecule has 0 saturated heterocycles. The van der Waals surface area contributed by atoms with Gasteiger partial charge in [0.15, 0.2) is 0 Å². The molecule has 1 aromatic rings. The van der Waals surface area contributed by atoms with E-state index in [9.17, 15) is 4.79 Å². The van der Waals surface area contributed by atoms with Crippen LogP contribution in [0.15, 0.2) is 5.51 Å². The highest BCUT2D eigenvalue weighted by atomic mass is 32.1. The summed E-state index contributed by atoms with van der Waals surface area (Å²) < 4.78 is 0. The Morgan fingerprint density at radius 2 is 2.53 bits per heavy atom. The molecular formula is C11H14N2OS. The lowest BCUT2D eigenvalue weighted by Gasteiger charge is -2.10. The molecule has 1 atom stereocenters. The molecule has 3 nitrogen and oxygen atoms in total. The number of aromatic nitrogens is 1. The van der Waals surface area contributed by atoms with Crippen molar-refractivity contribution in [2.45, 2.75) is 32.7 Å². The summed E-state index contributed by atoms with van der Waals surface area (Å²) in [6.07, 6.45) is 7.08. The third kappa shape index (κ3) is 3.07. The van der Waals surface area contributed by atoms with E-state index in [0.29, 0.717) is 4.88 Å². The van der Waals surface area contributed by atoms with E-state index in [0.717, 1.165) is 18.5 Å². The van der Waals surface area contributed by atoms with E-state index in [-0.39, 0.29) is 11.9 Å². The van der Waals surface area contributed by atoms with E-state index in [1.165, 1.54) is 11.3 Å². The molecule has 0 radical (unpaired) electrons. The van der Waals surface area contributed by atoms with Crippen molar-refractivity contribution in [1.82, 2.24) is 10.3 Å². The van der Waals surface area contributed by atoms with Crippen LogP contribution in [0.2, 0.25) is 0 Å². The fourth-order valence-electron chi connectivity index (χ4n) is 1.23. The van der Waals surface area contributed by atoms with Crippen LogP contribution in [0.3, 0.4) is 0 Å². The third-order valence-electron chi connectivity index (χ3n) is 2.04. The van der Waals surface area contributed by atoms with Gasteiger partial charge in [0.1, 0.15) is 4.88 Å². The van der Waals surface area contributed by atoms with Gasteiger partial charge in [-0.3, -0.25) is 4.79 Å². The van der Waals surface area contributed by atoms with Crippen LogP contribution in [0.1, 0.15) is 35.1 Å². The molecule has 0 fully saturated rings. The second kappa shape index (κ2) is 5.52. The van der Waals surface area contributed by atoms with Gasteiger partial charge in [0.05, 0.1) is 17.2 Å². The minimum atomic E-state index is -0.177. The molecule has 1 heterocycles. The summed E-state index contributed by atoms with van der Waals surface area (Å²) in [7, 11) is 0. The van der Waals surface area contributed by atoms with Crippen LogP contribution in [0, 0.1) is 19.3 Å². The van der Waals surface area contributed by atoms with E-state index in [2.05, 4.69) is 16.2 Å². The minimum absolute atomic E-state index is 0.119. The molecule has 0 aliphatic rings. The first-order valence-corrected chi connectivity index (χ1v) is 5.74. The number of thiazole rings is 1. The van der Waals surface area contributed by atoms with Crippen LogP contribution in [0.25, 0.3) is 0 Å². The molecule has 4 heteroatoms. The Labute approximate surface area is 93.9 Å². The predicted molar refractivity (Wildman–Crippen MR) is 61.8 cm³/mol. The summed E-state index contributed by atoms with van der Waals surface area (Å²) in [6, 6.07) is -0.177. The lowest BCUT2D eigenvalue weighted by atomic mass is 10.2. The van der Waals surface area contributed by atoms with Crippen LogP contribution >= 0.6 is 11.3 Å². The number of hydrogen-bond donors (Lipinski definition) is 1. The van der Waals surface area contributed by atoms with Crippen molar-refractivity contribution >= 4 is 17.2 Å². The van der Waals surface area contributed by atoms with Crippen molar-refractivity contribution in [2.75, 3.05) is 0 Å². The number of rotatable bonds is 4. The Balaban J connectivity index is 2.64. The summed E-state index contributed by atoms with van der Waals surface area (Å²) >= 11 is 1.34. The van der Waals surface area contributed by atoms with Crippen LogP contribution < -0.4 is 5.32 Å². The minimum Gasteiger partial charge on any atom is -0.338 e. The highest BCUT2D eigenvalue weighted by Gasteiger charge is 2.14. The molecule has 80 valence electrons. The molecule has 0 bridgehead atoms. The normalized spacial score (nSPS) is 11.8. The quantitative estimate of drug-likeness (QED) is 0.791. The predicted octanol–water partition coefficient (Wildman–Crippen LogP) is 1.98. The fourth-order valence-corrected chi connectivity index (χ4v) is 1.93. The molecule has 15 heavy (non-hydrogen) atoms. The number of nitrogens with one attached hydrogen (secondary N) is 1. The number of aryl methyl sites for hydroxylation is 1. The summed E-state index contributed by atoms with van der Waals surface area (Å²) in [5.41, 5.74) is 2.42. The molecule has 0 aliphatic carbocycles. The van der Waals surface area contributed by atoms with E-state index < -0.39 is 0 Å². The molecule has 0 saturated carbocycles. The smallest absolute Gasteiger partial charge is 0.264 e. The van der Waals surface area contributed by atoms with Crippen molar-refractivity contribution in [3.05, 3.63) is 16.1 Å². The monoisotopic (exact) mass is 222 g/mol. The summed E-state index contributed by atoms with van der Waals surface area (Å²) in [4.78, 5) is 16.4. The summed E-state index contributed by atoms with van der Waals surface area (Å²) in [5.74, 6) is 2.45. The Hall–Kier alpha value is -1.34. The zero-order chi connectivity index (χ0) is 11.3. The SMILES string of the molecule is C#CC(CCC)NC(=O)c1scnc1C. The van der Waals surface area contributed by atoms with Gasteiger partial charge < -0.3 is 5.32 Å². The second-order valence-electron chi connectivity index (χ2n) is 3.25. The van der Waals surface area contributed by atoms with Gasteiger partial charge in [-0.05, 0) is 13.3 Å². The molecule has 1 N–H and O–H groups in total. The maximum absolute atomic E-state index is 11.7. The maximum atomic E-state index is 11.7. The van der Waals surface area contributed by atoms with Crippen molar-refractivity contribution < 1.29 is 4.79 Å². The van der Waals surface area contributed by atoms with Crippen molar-refractivity contribution in [3.63, 3.8) is 0 Å². The molecule has 0 spiro atoms. The highest BCUT2D eigenvalue weighted by Crippen LogP contribution is 2.12. The summed E-state index contributed by atoms with van der Waals surface area (Å²) in [5, 5.41) is 2.81. The Morgan fingerprint density at radius 3 is 3.00 bits per heavy atom. The van der Waals surface area contributed by atoms with E-state index in [4.69, 9.17) is 6.42 Å². The molecule has 1 rings (SSSR count). The molecule has 0 aromatic carbocycles. The van der Waals surface area contributed by atoms with Gasteiger partial charge >= 0.3 is 0 Å². The fraction of sp³-hybridized carbons (Fsp3) is 0.455. The number of carbonyl (C=O) groups is 1. The van der Waals surface area contributed by atoms with Gasteiger partial charge in [0, 0.05) is 0 Å². The average Bonchev–Trinajstić information content (AvgIpc) is 2.63. The molecule has 1 unspecified atom stereocenters. The first-order chi connectivity index (χ1) is 7.19. The standard InChI is InChI=1S/C11H14N2OS/c1-4-6-9(5-2)13-11(14)10-8(3)12-7-15-10/h2,7,9H,4,6H2,1,3H3,(H,13,14). The number of hydrogen-bond acceptors (Lipinski definition) is 3. The molecule has 0 aliphatic heterocycles. The van der Waals surface area contributed by atoms with Crippen LogP contribution in [0.5, 0.6) is 0 Å². The first kappa shape index (κ1) is 11.7. The Bertz CT molecular complexity index is 378. The van der Waals surface area contributed by atoms with Gasteiger partial charge in [-0.1, -0.05) is 19.3 Å². The van der Waals surface area contributed by atoms with Crippen molar-refractivity contribution in [1.29, 1.82) is 0 Å². The zero-order valence-electron chi connectivity index (χ0n) is 8.91. The number of nitrogens with zero attached hydrogens (tertiary/aromatic N) is 1. The average molecular weight is 222 g/mol. The molecule has 1 amide bonds. The van der Waals surface area contributed by atoms with Gasteiger partial charge in [-0.15, -0.1) is 17.8 Å². The zero-order valence-corrected chi connectivity index (χ0v) is 9.73. The van der Waals surface area contributed by atoms with Crippen LogP contribution in [-0.2, 0) is 0 Å². The molecule has 1 aromatic heterocycles. The number of terminal acetylenes is 1. The van der Waals surface area contributed by atoms with Gasteiger partial charge in [-0.2, -0.15) is 0 Å². The van der Waals surface area contributed by atoms with E-state index >= 15 is 0 Å². The van der Waals surface area contributed by atoms with Gasteiger partial charge in [0.25, 0.3) is 5.91 Å².